The molecule has 2 aromatic carbocycles. The van der Waals surface area contributed by atoms with Crippen LogP contribution in [0, 0.1) is 0 Å². The lowest BCUT2D eigenvalue weighted by Gasteiger charge is -2.15. The Bertz CT molecular complexity index is 1510. The van der Waals surface area contributed by atoms with E-state index in [9.17, 15) is 19.2 Å². The maximum absolute atomic E-state index is 12.8. The Hall–Kier alpha value is -4.60. The van der Waals surface area contributed by atoms with Crippen LogP contribution in [0.2, 0.25) is 0 Å². The van der Waals surface area contributed by atoms with Crippen molar-refractivity contribution in [1.82, 2.24) is 0 Å². The molecule has 0 aliphatic rings. The van der Waals surface area contributed by atoms with E-state index in [1.165, 1.54) is 26.4 Å². The summed E-state index contributed by atoms with van der Waals surface area (Å²) >= 11 is 0. The van der Waals surface area contributed by atoms with Gasteiger partial charge in [0.1, 0.15) is 22.7 Å². The molecule has 192 valence electrons. The van der Waals surface area contributed by atoms with Gasteiger partial charge >= 0.3 is 11.9 Å². The lowest BCUT2D eigenvalue weighted by molar-refractivity contribution is 0.0482. The van der Waals surface area contributed by atoms with Crippen LogP contribution in [0.3, 0.4) is 0 Å². The van der Waals surface area contributed by atoms with E-state index in [1.54, 1.807) is 26.0 Å². The highest BCUT2D eigenvalue weighted by Gasteiger charge is 2.23. The van der Waals surface area contributed by atoms with E-state index in [0.717, 1.165) is 12.1 Å². The Morgan fingerprint density at radius 2 is 1.11 bits per heavy atom. The molecule has 0 unspecified atom stereocenters. The maximum atomic E-state index is 12.8. The topological polar surface area (TPSA) is 131 Å². The summed E-state index contributed by atoms with van der Waals surface area (Å²) in [5, 5.41) is 0.411. The van der Waals surface area contributed by atoms with Crippen LogP contribution in [0.4, 0.5) is 0 Å². The molecular weight excluding hydrogens is 484 g/mol. The molecule has 0 N–H and O–H groups in total. The monoisotopic (exact) mass is 508 g/mol. The van der Waals surface area contributed by atoms with Gasteiger partial charge in [0.25, 0.3) is 0 Å². The molecule has 4 rings (SSSR count). The molecule has 0 fully saturated rings. The molecule has 0 spiro atoms. The largest absolute Gasteiger partial charge is 0.496 e. The summed E-state index contributed by atoms with van der Waals surface area (Å²) in [7, 11) is 2.88. The van der Waals surface area contributed by atoms with Crippen LogP contribution in [0.5, 0.6) is 11.5 Å². The Morgan fingerprint density at radius 1 is 0.703 bits per heavy atom. The summed E-state index contributed by atoms with van der Waals surface area (Å²) in [6, 6.07) is 8.38. The standard InChI is InChI=1S/C27H24O10/c1-5-34-26(30)22-12-18(28)14-7-9-20(32-3)16(24(14)36-22)11-17-21(33-4)10-8-15-19(29)13-23(37-25(15)17)27(31)35-6-2/h7-10,12-13H,5-6,11H2,1-4H3. The summed E-state index contributed by atoms with van der Waals surface area (Å²) < 4.78 is 32.7. The lowest BCUT2D eigenvalue weighted by atomic mass is 9.98. The minimum atomic E-state index is -0.789. The SMILES string of the molecule is CCOC(=O)c1cc(=O)c2ccc(OC)c(Cc3c(OC)ccc4c(=O)cc(C(=O)OCC)oc34)c2o1. The average molecular weight is 508 g/mol. The smallest absolute Gasteiger partial charge is 0.374 e. The first-order chi connectivity index (χ1) is 17.8. The molecule has 0 bridgehead atoms. The van der Waals surface area contributed by atoms with Gasteiger partial charge < -0.3 is 27.8 Å². The van der Waals surface area contributed by atoms with Gasteiger partial charge in [0, 0.05) is 29.7 Å². The summed E-state index contributed by atoms with van der Waals surface area (Å²) in [4.78, 5) is 50.3. The fraction of sp³-hybridized carbons (Fsp3) is 0.259. The molecule has 0 saturated heterocycles. The van der Waals surface area contributed by atoms with Crippen molar-refractivity contribution < 1.29 is 37.4 Å². The minimum Gasteiger partial charge on any atom is -0.496 e. The first-order valence-corrected chi connectivity index (χ1v) is 11.4. The summed E-state index contributed by atoms with van der Waals surface area (Å²) in [5.74, 6) is -1.42. The van der Waals surface area contributed by atoms with Crippen molar-refractivity contribution in [2.75, 3.05) is 27.4 Å². The fourth-order valence-corrected chi connectivity index (χ4v) is 4.01. The van der Waals surface area contributed by atoms with E-state index < -0.39 is 22.8 Å². The predicted octanol–water partition coefficient (Wildman–Crippen LogP) is 3.86. The molecular formula is C27H24O10. The highest BCUT2D eigenvalue weighted by molar-refractivity contribution is 5.92. The molecule has 2 aromatic heterocycles. The van der Waals surface area contributed by atoms with Gasteiger partial charge in [-0.1, -0.05) is 0 Å². The second kappa shape index (κ2) is 10.6. The van der Waals surface area contributed by atoms with E-state index in [2.05, 4.69) is 0 Å². The highest BCUT2D eigenvalue weighted by Crippen LogP contribution is 2.35. The third-order valence-electron chi connectivity index (χ3n) is 5.66. The van der Waals surface area contributed by atoms with Crippen molar-refractivity contribution in [3.05, 3.63) is 79.5 Å². The van der Waals surface area contributed by atoms with Crippen LogP contribution in [-0.4, -0.2) is 39.4 Å². The molecule has 37 heavy (non-hydrogen) atoms. The van der Waals surface area contributed by atoms with Gasteiger partial charge in [0.05, 0.1) is 38.2 Å². The molecule has 0 amide bonds. The molecule has 0 radical (unpaired) electrons. The van der Waals surface area contributed by atoms with Crippen molar-refractivity contribution in [2.45, 2.75) is 20.3 Å². The third-order valence-corrected chi connectivity index (χ3v) is 5.66. The average Bonchev–Trinajstić information content (AvgIpc) is 2.89. The highest BCUT2D eigenvalue weighted by atomic mass is 16.5. The Balaban J connectivity index is 2.01. The molecule has 0 aliphatic heterocycles. The quantitative estimate of drug-likeness (QED) is 0.323. The molecule has 0 atom stereocenters. The number of hydrogen-bond acceptors (Lipinski definition) is 10. The fourth-order valence-electron chi connectivity index (χ4n) is 4.01. The van der Waals surface area contributed by atoms with Gasteiger partial charge in [-0.05, 0) is 38.1 Å². The second-order valence-electron chi connectivity index (χ2n) is 7.81. The van der Waals surface area contributed by atoms with Gasteiger partial charge in [-0.25, -0.2) is 9.59 Å². The van der Waals surface area contributed by atoms with Crippen molar-refractivity contribution in [3.63, 3.8) is 0 Å². The Kier molecular flexibility index (Phi) is 7.28. The summed E-state index contributed by atoms with van der Waals surface area (Å²) in [5.41, 5.74) is 0.0654. The van der Waals surface area contributed by atoms with E-state index in [4.69, 9.17) is 27.8 Å². The van der Waals surface area contributed by atoms with Gasteiger partial charge in [-0.15, -0.1) is 0 Å². The summed E-state index contributed by atoms with van der Waals surface area (Å²) in [6.45, 7) is 3.47. The van der Waals surface area contributed by atoms with Gasteiger partial charge in [-0.2, -0.15) is 0 Å². The zero-order chi connectivity index (χ0) is 26.7. The zero-order valence-electron chi connectivity index (χ0n) is 20.7. The van der Waals surface area contributed by atoms with Crippen LogP contribution in [0.25, 0.3) is 21.9 Å². The molecule has 10 heteroatoms. The van der Waals surface area contributed by atoms with Crippen LogP contribution >= 0.6 is 0 Å². The van der Waals surface area contributed by atoms with Crippen LogP contribution in [0.15, 0.2) is 54.8 Å². The number of benzene rings is 2. The summed E-state index contributed by atoms with van der Waals surface area (Å²) in [6.07, 6.45) is -0.00847. The van der Waals surface area contributed by atoms with Crippen molar-refractivity contribution in [1.29, 1.82) is 0 Å². The zero-order valence-corrected chi connectivity index (χ0v) is 20.7. The first-order valence-electron chi connectivity index (χ1n) is 11.4. The predicted molar refractivity (Wildman–Crippen MR) is 133 cm³/mol. The second-order valence-corrected chi connectivity index (χ2v) is 7.81. The number of methoxy groups -OCH3 is 2. The van der Waals surface area contributed by atoms with Gasteiger partial charge in [0.2, 0.25) is 11.5 Å². The minimum absolute atomic E-state index is 0.00847. The van der Waals surface area contributed by atoms with E-state index >= 15 is 0 Å². The normalized spacial score (nSPS) is 10.9. The number of carbonyl (C=O) groups excluding carboxylic acids is 2. The number of hydrogen-bond donors (Lipinski definition) is 0. The van der Waals surface area contributed by atoms with Gasteiger partial charge in [-0.3, -0.25) is 9.59 Å². The maximum Gasteiger partial charge on any atom is 0.374 e. The van der Waals surface area contributed by atoms with Crippen molar-refractivity contribution in [3.8, 4) is 11.5 Å². The Labute approximate surface area is 210 Å². The number of esters is 2. The number of ether oxygens (including phenoxy) is 4. The Morgan fingerprint density at radius 3 is 1.46 bits per heavy atom. The first kappa shape index (κ1) is 25.5. The molecule has 0 aliphatic carbocycles. The van der Waals surface area contributed by atoms with Crippen LogP contribution < -0.4 is 20.3 Å². The molecule has 4 aromatic rings. The molecule has 2 heterocycles. The van der Waals surface area contributed by atoms with E-state index in [0.29, 0.717) is 22.6 Å². The molecule has 0 saturated carbocycles. The van der Waals surface area contributed by atoms with E-state index in [1.807, 2.05) is 0 Å². The van der Waals surface area contributed by atoms with Crippen molar-refractivity contribution >= 4 is 33.9 Å². The molecule has 10 nitrogen and oxygen atoms in total. The van der Waals surface area contributed by atoms with Gasteiger partial charge in [0.15, 0.2) is 10.9 Å². The number of rotatable bonds is 8. The van der Waals surface area contributed by atoms with Crippen molar-refractivity contribution in [2.24, 2.45) is 0 Å². The van der Waals surface area contributed by atoms with Crippen LogP contribution in [-0.2, 0) is 15.9 Å². The number of carbonyl (C=O) groups is 2. The lowest BCUT2D eigenvalue weighted by Crippen LogP contribution is -2.12. The van der Waals surface area contributed by atoms with E-state index in [-0.39, 0.29) is 53.1 Å². The number of fused-ring (bicyclic) bond motifs is 2. The van der Waals surface area contributed by atoms with Crippen LogP contribution in [0.1, 0.15) is 46.1 Å². The third kappa shape index (κ3) is 4.77.